The van der Waals surface area contributed by atoms with Crippen molar-refractivity contribution in [3.05, 3.63) is 36.0 Å². The van der Waals surface area contributed by atoms with Gasteiger partial charge in [0.05, 0.1) is 0 Å². The van der Waals surface area contributed by atoms with Crippen LogP contribution in [-0.4, -0.2) is 12.1 Å². The summed E-state index contributed by atoms with van der Waals surface area (Å²) in [5.74, 6) is 4.01. The molecule has 0 heterocycles. The topological polar surface area (TPSA) is 26.3 Å². The summed E-state index contributed by atoms with van der Waals surface area (Å²) >= 11 is 0. The Balaban J connectivity index is 1.51. The van der Waals surface area contributed by atoms with Gasteiger partial charge in [-0.3, -0.25) is 4.79 Å². The molecular formula is C31H48O2. The molecule has 0 bridgehead atoms. The summed E-state index contributed by atoms with van der Waals surface area (Å²) in [7, 11) is 0. The molecule has 9 atom stereocenters. The van der Waals surface area contributed by atoms with Gasteiger partial charge in [0.25, 0.3) is 0 Å². The van der Waals surface area contributed by atoms with Crippen molar-refractivity contribution in [2.45, 2.75) is 105 Å². The van der Waals surface area contributed by atoms with Gasteiger partial charge in [-0.2, -0.15) is 0 Å². The molecule has 2 heteroatoms. The third-order valence-corrected chi connectivity index (χ3v) is 10.8. The molecule has 0 aliphatic heterocycles. The first-order chi connectivity index (χ1) is 15.6. The van der Waals surface area contributed by atoms with Crippen LogP contribution < -0.4 is 0 Å². The SMILES string of the molecule is C=C(C)C(/C=C/C(C)C1CCC2C3=CCC4CC(OC(C)=O)CCC4(C)C3CCC21C)CC. The molecule has 0 aromatic carbocycles. The smallest absolute Gasteiger partial charge is 0.302 e. The van der Waals surface area contributed by atoms with Gasteiger partial charge in [0.2, 0.25) is 0 Å². The van der Waals surface area contributed by atoms with Crippen molar-refractivity contribution in [1.29, 1.82) is 0 Å². The molecule has 0 radical (unpaired) electrons. The summed E-state index contributed by atoms with van der Waals surface area (Å²) in [6.45, 7) is 17.9. The van der Waals surface area contributed by atoms with Crippen LogP contribution in [-0.2, 0) is 9.53 Å². The highest BCUT2D eigenvalue weighted by Crippen LogP contribution is 2.66. The van der Waals surface area contributed by atoms with Crippen LogP contribution in [0.1, 0.15) is 99.3 Å². The number of ether oxygens (including phenoxy) is 1. The van der Waals surface area contributed by atoms with E-state index in [1.54, 1.807) is 6.92 Å². The molecular weight excluding hydrogens is 404 g/mol. The summed E-state index contributed by atoms with van der Waals surface area (Å²) in [5.41, 5.74) is 3.94. The van der Waals surface area contributed by atoms with Crippen LogP contribution in [0, 0.1) is 46.3 Å². The molecule has 0 saturated heterocycles. The van der Waals surface area contributed by atoms with E-state index in [2.05, 4.69) is 59.4 Å². The molecule has 4 aliphatic rings. The first-order valence-electron chi connectivity index (χ1n) is 13.8. The second-order valence-electron chi connectivity index (χ2n) is 12.6. The van der Waals surface area contributed by atoms with E-state index in [-0.39, 0.29) is 12.1 Å². The van der Waals surface area contributed by atoms with E-state index in [4.69, 9.17) is 4.74 Å². The van der Waals surface area contributed by atoms with Gasteiger partial charge in [-0.1, -0.05) is 63.6 Å². The van der Waals surface area contributed by atoms with Gasteiger partial charge in [0.1, 0.15) is 6.10 Å². The van der Waals surface area contributed by atoms with Crippen LogP contribution >= 0.6 is 0 Å². The van der Waals surface area contributed by atoms with Crippen LogP contribution in [0.2, 0.25) is 0 Å². The fourth-order valence-corrected chi connectivity index (χ4v) is 8.81. The van der Waals surface area contributed by atoms with Crippen molar-refractivity contribution < 1.29 is 9.53 Å². The molecule has 0 amide bonds. The highest BCUT2D eigenvalue weighted by Gasteiger charge is 2.58. The van der Waals surface area contributed by atoms with Crippen LogP contribution in [0.5, 0.6) is 0 Å². The lowest BCUT2D eigenvalue weighted by Crippen LogP contribution is -2.50. The first kappa shape index (κ1) is 24.8. The minimum absolute atomic E-state index is 0.113. The maximum atomic E-state index is 11.5. The zero-order valence-electron chi connectivity index (χ0n) is 22.2. The van der Waals surface area contributed by atoms with Gasteiger partial charge in [0.15, 0.2) is 0 Å². The summed E-state index contributed by atoms with van der Waals surface area (Å²) in [4.78, 5) is 11.5. The molecule has 0 aromatic rings. The van der Waals surface area contributed by atoms with Gasteiger partial charge >= 0.3 is 5.97 Å². The summed E-state index contributed by atoms with van der Waals surface area (Å²) < 4.78 is 5.64. The Labute approximate surface area is 203 Å². The number of esters is 1. The molecule has 184 valence electrons. The lowest BCUT2D eigenvalue weighted by Gasteiger charge is -2.58. The Morgan fingerprint density at radius 2 is 1.82 bits per heavy atom. The largest absolute Gasteiger partial charge is 0.463 e. The molecule has 4 rings (SSSR count). The van der Waals surface area contributed by atoms with Gasteiger partial charge in [-0.15, -0.1) is 0 Å². The third kappa shape index (κ3) is 4.41. The molecule has 0 N–H and O–H groups in total. The Hall–Kier alpha value is -1.31. The Morgan fingerprint density at radius 1 is 1.12 bits per heavy atom. The highest BCUT2D eigenvalue weighted by molar-refractivity contribution is 5.66. The predicted octanol–water partition coefficient (Wildman–Crippen LogP) is 8.29. The van der Waals surface area contributed by atoms with E-state index in [1.807, 2.05) is 5.57 Å². The number of fused-ring (bicyclic) bond motifs is 5. The first-order valence-corrected chi connectivity index (χ1v) is 13.8. The van der Waals surface area contributed by atoms with Gasteiger partial charge in [-0.25, -0.2) is 0 Å². The second-order valence-corrected chi connectivity index (χ2v) is 12.6. The Morgan fingerprint density at radius 3 is 2.48 bits per heavy atom. The molecule has 0 spiro atoms. The number of rotatable bonds is 6. The van der Waals surface area contributed by atoms with Crippen molar-refractivity contribution in [2.24, 2.45) is 46.3 Å². The molecule has 3 saturated carbocycles. The zero-order chi connectivity index (χ0) is 24.0. The van der Waals surface area contributed by atoms with E-state index >= 15 is 0 Å². The van der Waals surface area contributed by atoms with E-state index in [1.165, 1.54) is 44.1 Å². The summed E-state index contributed by atoms with van der Waals surface area (Å²) in [5, 5.41) is 0. The van der Waals surface area contributed by atoms with Crippen molar-refractivity contribution >= 4 is 5.97 Å². The lowest BCUT2D eigenvalue weighted by atomic mass is 9.47. The molecule has 33 heavy (non-hydrogen) atoms. The van der Waals surface area contributed by atoms with Gasteiger partial charge in [-0.05, 0) is 111 Å². The van der Waals surface area contributed by atoms with Crippen LogP contribution in [0.15, 0.2) is 36.0 Å². The molecule has 3 fully saturated rings. The minimum Gasteiger partial charge on any atom is -0.463 e. The van der Waals surface area contributed by atoms with Gasteiger partial charge < -0.3 is 4.74 Å². The van der Waals surface area contributed by atoms with Crippen molar-refractivity contribution in [1.82, 2.24) is 0 Å². The van der Waals surface area contributed by atoms with E-state index in [9.17, 15) is 4.79 Å². The zero-order valence-corrected chi connectivity index (χ0v) is 22.2. The molecule has 2 nitrogen and oxygen atoms in total. The normalized spacial score (nSPS) is 42.0. The van der Waals surface area contributed by atoms with E-state index in [0.29, 0.717) is 28.6 Å². The summed E-state index contributed by atoms with van der Waals surface area (Å²) in [6, 6.07) is 0. The fraction of sp³-hybridized carbons (Fsp3) is 0.774. The Kier molecular flexibility index (Phi) is 7.05. The second kappa shape index (κ2) is 9.38. The van der Waals surface area contributed by atoms with Crippen molar-refractivity contribution in [3.8, 4) is 0 Å². The lowest BCUT2D eigenvalue weighted by molar-refractivity contribution is -0.152. The number of carbonyl (C=O) groups excluding carboxylic acids is 1. The average Bonchev–Trinajstić information content (AvgIpc) is 3.11. The van der Waals surface area contributed by atoms with Crippen molar-refractivity contribution in [3.63, 3.8) is 0 Å². The average molecular weight is 453 g/mol. The van der Waals surface area contributed by atoms with E-state index < -0.39 is 0 Å². The monoisotopic (exact) mass is 452 g/mol. The van der Waals surface area contributed by atoms with Crippen LogP contribution in [0.3, 0.4) is 0 Å². The van der Waals surface area contributed by atoms with E-state index in [0.717, 1.165) is 37.0 Å². The molecule has 9 unspecified atom stereocenters. The summed E-state index contributed by atoms with van der Waals surface area (Å²) in [6.07, 6.45) is 18.9. The van der Waals surface area contributed by atoms with Crippen molar-refractivity contribution in [2.75, 3.05) is 0 Å². The van der Waals surface area contributed by atoms with Crippen LogP contribution in [0.25, 0.3) is 0 Å². The fourth-order valence-electron chi connectivity index (χ4n) is 8.81. The predicted molar refractivity (Wildman–Crippen MR) is 138 cm³/mol. The number of allylic oxidation sites excluding steroid dienone is 5. The molecule has 4 aliphatic carbocycles. The maximum Gasteiger partial charge on any atom is 0.302 e. The maximum absolute atomic E-state index is 11.5. The Bertz CT molecular complexity index is 821. The third-order valence-electron chi connectivity index (χ3n) is 10.8. The quantitative estimate of drug-likeness (QED) is 0.299. The van der Waals surface area contributed by atoms with Gasteiger partial charge in [0, 0.05) is 6.92 Å². The van der Waals surface area contributed by atoms with Crippen LogP contribution in [0.4, 0.5) is 0 Å². The highest BCUT2D eigenvalue weighted by atomic mass is 16.5. The number of carbonyl (C=O) groups is 1. The molecule has 0 aromatic heterocycles. The number of hydrogen-bond donors (Lipinski definition) is 0. The number of hydrogen-bond acceptors (Lipinski definition) is 2. The standard InChI is InChI=1S/C31H48O2/c1-8-23(20(2)3)10-9-21(4)27-13-14-28-26-12-11-24-19-25(33-22(5)32)15-17-30(24,6)29(26)16-18-31(27,28)7/h9-10,12,21,23-25,27-29H,2,8,11,13-19H2,1,3-7H3/b10-9+. The minimum atomic E-state index is -0.113.